The third-order valence-electron chi connectivity index (χ3n) is 3.49. The summed E-state index contributed by atoms with van der Waals surface area (Å²) >= 11 is 0. The number of hydrogen-bond donors (Lipinski definition) is 0. The molecule has 1 atom stereocenters. The third kappa shape index (κ3) is 3.29. The van der Waals surface area contributed by atoms with Crippen molar-refractivity contribution in [3.63, 3.8) is 0 Å². The Bertz CT molecular complexity index is 657. The summed E-state index contributed by atoms with van der Waals surface area (Å²) in [5.41, 5.74) is 0.885. The number of nitriles is 1. The Morgan fingerprint density at radius 2 is 2.00 bits per heavy atom. The predicted octanol–water partition coefficient (Wildman–Crippen LogP) is 2.81. The van der Waals surface area contributed by atoms with Crippen LogP contribution in [0.5, 0.6) is 0 Å². The molecule has 0 N–H and O–H groups in total. The fourth-order valence-corrected chi connectivity index (χ4v) is 2.24. The number of Topliss-reactive ketones (excluding diaryl/α,β-unsaturated/α-hetero) is 1. The van der Waals surface area contributed by atoms with Crippen LogP contribution in [0.4, 0.5) is 5.82 Å². The molecule has 2 rings (SSSR count). The Morgan fingerprint density at radius 3 is 2.50 bits per heavy atom. The van der Waals surface area contributed by atoms with E-state index in [9.17, 15) is 10.1 Å². The number of carbonyl (C=O) groups is 1. The maximum Gasteiger partial charge on any atom is 0.187 e. The zero-order chi connectivity index (χ0) is 15.9. The molecule has 0 spiro atoms. The van der Waals surface area contributed by atoms with Gasteiger partial charge in [0.15, 0.2) is 11.7 Å². The first-order chi connectivity index (χ1) is 10.7. The molecule has 0 aromatic carbocycles. The number of ketones is 1. The van der Waals surface area contributed by atoms with Crippen molar-refractivity contribution in [1.82, 2.24) is 9.97 Å². The van der Waals surface area contributed by atoms with Crippen molar-refractivity contribution in [2.24, 2.45) is 0 Å². The number of pyridine rings is 2. The van der Waals surface area contributed by atoms with Crippen LogP contribution < -0.4 is 4.90 Å². The Labute approximate surface area is 130 Å². The molecule has 5 nitrogen and oxygen atoms in total. The van der Waals surface area contributed by atoms with Crippen molar-refractivity contribution in [2.45, 2.75) is 19.8 Å². The minimum atomic E-state index is -0.901. The predicted molar refractivity (Wildman–Crippen MR) is 84.7 cm³/mol. The van der Waals surface area contributed by atoms with Crippen LogP contribution in [0.15, 0.2) is 42.7 Å². The summed E-state index contributed by atoms with van der Waals surface area (Å²) in [4.78, 5) is 23.0. The summed E-state index contributed by atoms with van der Waals surface area (Å²) in [5, 5.41) is 9.29. The largest absolute Gasteiger partial charge is 0.357 e. The van der Waals surface area contributed by atoms with Gasteiger partial charge in [0.25, 0.3) is 0 Å². The number of anilines is 1. The fraction of sp³-hybridized carbons (Fsp3) is 0.294. The van der Waals surface area contributed by atoms with Gasteiger partial charge in [-0.25, -0.2) is 4.98 Å². The van der Waals surface area contributed by atoms with Gasteiger partial charge in [-0.3, -0.25) is 9.78 Å². The topological polar surface area (TPSA) is 69.9 Å². The normalized spacial score (nSPS) is 11.5. The van der Waals surface area contributed by atoms with Gasteiger partial charge in [-0.05, 0) is 38.1 Å². The minimum Gasteiger partial charge on any atom is -0.357 e. The summed E-state index contributed by atoms with van der Waals surface area (Å²) < 4.78 is 0. The molecular formula is C17H18N4O. The van der Waals surface area contributed by atoms with Gasteiger partial charge < -0.3 is 4.90 Å². The first kappa shape index (κ1) is 15.6. The molecule has 2 aromatic heterocycles. The maximum atomic E-state index is 12.5. The van der Waals surface area contributed by atoms with Crippen LogP contribution >= 0.6 is 0 Å². The highest BCUT2D eigenvalue weighted by Gasteiger charge is 2.23. The van der Waals surface area contributed by atoms with Gasteiger partial charge in [0, 0.05) is 31.0 Å². The monoisotopic (exact) mass is 294 g/mol. The zero-order valence-corrected chi connectivity index (χ0v) is 12.7. The van der Waals surface area contributed by atoms with Crippen LogP contribution in [0.1, 0.15) is 35.8 Å². The van der Waals surface area contributed by atoms with E-state index in [-0.39, 0.29) is 5.78 Å². The highest BCUT2D eigenvalue weighted by Crippen LogP contribution is 2.19. The quantitative estimate of drug-likeness (QED) is 0.766. The van der Waals surface area contributed by atoms with Crippen molar-refractivity contribution in [1.29, 1.82) is 5.26 Å². The molecule has 0 aliphatic carbocycles. The standard InChI is InChI=1S/C17H18N4O/c1-3-21(4-2)16-9-8-13(12-20-16)17(22)14(11-18)15-7-5-6-10-19-15/h5-10,12,14H,3-4H2,1-2H3. The van der Waals surface area contributed by atoms with Crippen molar-refractivity contribution >= 4 is 11.6 Å². The van der Waals surface area contributed by atoms with E-state index >= 15 is 0 Å². The lowest BCUT2D eigenvalue weighted by Crippen LogP contribution is -2.23. The average molecular weight is 294 g/mol. The average Bonchev–Trinajstić information content (AvgIpc) is 2.58. The second kappa shape index (κ2) is 7.32. The summed E-state index contributed by atoms with van der Waals surface area (Å²) in [5.74, 6) is -0.352. The molecule has 0 aliphatic rings. The number of nitrogens with zero attached hydrogens (tertiary/aromatic N) is 4. The maximum absolute atomic E-state index is 12.5. The molecule has 0 amide bonds. The van der Waals surface area contributed by atoms with Gasteiger partial charge in [0.2, 0.25) is 0 Å². The lowest BCUT2D eigenvalue weighted by Gasteiger charge is -2.19. The van der Waals surface area contributed by atoms with Gasteiger partial charge >= 0.3 is 0 Å². The summed E-state index contributed by atoms with van der Waals surface area (Å²) in [7, 11) is 0. The number of hydrogen-bond acceptors (Lipinski definition) is 5. The molecule has 1 unspecified atom stereocenters. The highest BCUT2D eigenvalue weighted by atomic mass is 16.1. The van der Waals surface area contributed by atoms with E-state index in [2.05, 4.69) is 28.7 Å². The molecule has 2 aromatic rings. The van der Waals surface area contributed by atoms with E-state index in [1.807, 2.05) is 12.1 Å². The van der Waals surface area contributed by atoms with E-state index in [4.69, 9.17) is 0 Å². The minimum absolute atomic E-state index is 0.278. The van der Waals surface area contributed by atoms with E-state index in [1.54, 1.807) is 30.5 Å². The lowest BCUT2D eigenvalue weighted by atomic mass is 9.96. The molecule has 0 bridgehead atoms. The first-order valence-corrected chi connectivity index (χ1v) is 7.27. The highest BCUT2D eigenvalue weighted by molar-refractivity contribution is 6.02. The molecular weight excluding hydrogens is 276 g/mol. The molecule has 5 heteroatoms. The fourth-order valence-electron chi connectivity index (χ4n) is 2.24. The number of rotatable bonds is 6. The van der Waals surface area contributed by atoms with E-state index < -0.39 is 5.92 Å². The van der Waals surface area contributed by atoms with Gasteiger partial charge in [0.05, 0.1) is 11.8 Å². The van der Waals surface area contributed by atoms with Gasteiger partial charge in [-0.2, -0.15) is 5.26 Å². The number of aromatic nitrogens is 2. The molecule has 0 saturated heterocycles. The molecule has 0 fully saturated rings. The van der Waals surface area contributed by atoms with Crippen molar-refractivity contribution in [3.05, 3.63) is 54.0 Å². The first-order valence-electron chi connectivity index (χ1n) is 7.27. The second-order valence-electron chi connectivity index (χ2n) is 4.76. The third-order valence-corrected chi connectivity index (χ3v) is 3.49. The molecule has 22 heavy (non-hydrogen) atoms. The van der Waals surface area contributed by atoms with Crippen LogP contribution in [-0.2, 0) is 0 Å². The van der Waals surface area contributed by atoms with E-state index in [1.165, 1.54) is 6.20 Å². The van der Waals surface area contributed by atoms with Crippen molar-refractivity contribution in [3.8, 4) is 6.07 Å². The Balaban J connectivity index is 2.24. The van der Waals surface area contributed by atoms with Crippen molar-refractivity contribution < 1.29 is 4.79 Å². The van der Waals surface area contributed by atoms with E-state index in [0.717, 1.165) is 18.9 Å². The zero-order valence-electron chi connectivity index (χ0n) is 12.7. The Morgan fingerprint density at radius 1 is 1.23 bits per heavy atom. The second-order valence-corrected chi connectivity index (χ2v) is 4.76. The van der Waals surface area contributed by atoms with Crippen molar-refractivity contribution in [2.75, 3.05) is 18.0 Å². The van der Waals surface area contributed by atoms with Crippen LogP contribution in [0, 0.1) is 11.3 Å². The van der Waals surface area contributed by atoms with Gasteiger partial charge in [-0.1, -0.05) is 6.07 Å². The van der Waals surface area contributed by atoms with Crippen LogP contribution in [0.2, 0.25) is 0 Å². The molecule has 0 aliphatic heterocycles. The Kier molecular flexibility index (Phi) is 5.21. The van der Waals surface area contributed by atoms with Crippen LogP contribution in [-0.4, -0.2) is 28.8 Å². The smallest absolute Gasteiger partial charge is 0.187 e. The molecule has 2 heterocycles. The van der Waals surface area contributed by atoms with Gasteiger partial charge in [0.1, 0.15) is 5.82 Å². The SMILES string of the molecule is CCN(CC)c1ccc(C(=O)C(C#N)c2ccccn2)cn1. The molecule has 0 saturated carbocycles. The summed E-state index contributed by atoms with van der Waals surface area (Å²) in [6, 6.07) is 10.8. The summed E-state index contributed by atoms with van der Waals surface area (Å²) in [6.07, 6.45) is 3.11. The molecule has 0 radical (unpaired) electrons. The molecule has 112 valence electrons. The Hall–Kier alpha value is -2.74. The number of carbonyl (C=O) groups excluding carboxylic acids is 1. The summed E-state index contributed by atoms with van der Waals surface area (Å²) in [6.45, 7) is 5.81. The van der Waals surface area contributed by atoms with Crippen LogP contribution in [0.25, 0.3) is 0 Å². The van der Waals surface area contributed by atoms with Crippen LogP contribution in [0.3, 0.4) is 0 Å². The van der Waals surface area contributed by atoms with E-state index in [0.29, 0.717) is 11.3 Å². The lowest BCUT2D eigenvalue weighted by molar-refractivity contribution is 0.0977. The van der Waals surface area contributed by atoms with Gasteiger partial charge in [-0.15, -0.1) is 0 Å².